The van der Waals surface area contributed by atoms with Gasteiger partial charge >= 0.3 is 0 Å². The van der Waals surface area contributed by atoms with Gasteiger partial charge in [0.1, 0.15) is 0 Å². The van der Waals surface area contributed by atoms with E-state index in [1.54, 1.807) is 0 Å². The van der Waals surface area contributed by atoms with Crippen molar-refractivity contribution in [3.05, 3.63) is 28.8 Å². The third-order valence-electron chi connectivity index (χ3n) is 5.09. The van der Waals surface area contributed by atoms with Crippen molar-refractivity contribution in [1.29, 1.82) is 0 Å². The van der Waals surface area contributed by atoms with Gasteiger partial charge in [-0.25, -0.2) is 0 Å². The van der Waals surface area contributed by atoms with Crippen LogP contribution in [0.3, 0.4) is 0 Å². The number of rotatable bonds is 4. The molecule has 0 bridgehead atoms. The fraction of sp³-hybridized carbons (Fsp3) is 0.667. The van der Waals surface area contributed by atoms with Crippen LogP contribution in [0.15, 0.2) is 18.2 Å². The summed E-state index contributed by atoms with van der Waals surface area (Å²) < 4.78 is 0. The van der Waals surface area contributed by atoms with Crippen molar-refractivity contribution in [3.8, 4) is 0 Å². The van der Waals surface area contributed by atoms with E-state index in [1.807, 2.05) is 0 Å². The number of hydrogen-bond donors (Lipinski definition) is 1. The molecule has 3 atom stereocenters. The second kappa shape index (κ2) is 6.18. The first-order valence-corrected chi connectivity index (χ1v) is 8.71. The quantitative estimate of drug-likeness (QED) is 0.883. The zero-order valence-electron chi connectivity index (χ0n) is 13.4. The summed E-state index contributed by atoms with van der Waals surface area (Å²) in [5.74, 6) is 1.46. The Balaban J connectivity index is 1.74. The van der Waals surface area contributed by atoms with Gasteiger partial charge < -0.3 is 10.2 Å². The van der Waals surface area contributed by atoms with Crippen molar-refractivity contribution >= 4 is 17.3 Å². The van der Waals surface area contributed by atoms with Crippen LogP contribution >= 0.6 is 11.6 Å². The Bertz CT molecular complexity index is 498. The first-order chi connectivity index (χ1) is 10.0. The normalized spacial score (nSPS) is 29.7. The average Bonchev–Trinajstić information content (AvgIpc) is 3.25. The van der Waals surface area contributed by atoms with Gasteiger partial charge in [-0.2, -0.15) is 0 Å². The monoisotopic (exact) mass is 306 g/mol. The molecule has 1 saturated carbocycles. The maximum Gasteiger partial charge on any atom is 0.0642 e. The number of nitrogens with zero attached hydrogens (tertiary/aromatic N) is 1. The summed E-state index contributed by atoms with van der Waals surface area (Å²) in [7, 11) is 0. The summed E-state index contributed by atoms with van der Waals surface area (Å²) in [4.78, 5) is 2.50. The average molecular weight is 307 g/mol. The van der Waals surface area contributed by atoms with Crippen LogP contribution in [0.2, 0.25) is 5.02 Å². The molecule has 1 N–H and O–H groups in total. The number of piperidine rings is 1. The highest BCUT2D eigenvalue weighted by Crippen LogP contribution is 2.35. The van der Waals surface area contributed by atoms with Gasteiger partial charge in [0.15, 0.2) is 0 Å². The lowest BCUT2D eigenvalue weighted by Gasteiger charge is -2.43. The molecule has 1 aliphatic heterocycles. The molecule has 1 aromatic rings. The Labute approximate surface area is 133 Å². The van der Waals surface area contributed by atoms with E-state index in [2.05, 4.69) is 49.2 Å². The van der Waals surface area contributed by atoms with Crippen molar-refractivity contribution in [2.45, 2.75) is 58.7 Å². The van der Waals surface area contributed by atoms with Crippen molar-refractivity contribution in [3.63, 3.8) is 0 Å². The summed E-state index contributed by atoms with van der Waals surface area (Å²) in [6.07, 6.45) is 3.97. The van der Waals surface area contributed by atoms with Gasteiger partial charge in [-0.05, 0) is 55.7 Å². The fourth-order valence-electron chi connectivity index (χ4n) is 3.48. The van der Waals surface area contributed by atoms with Crippen molar-refractivity contribution in [1.82, 2.24) is 5.32 Å². The van der Waals surface area contributed by atoms with Gasteiger partial charge in [0.05, 0.1) is 10.7 Å². The van der Waals surface area contributed by atoms with E-state index in [4.69, 9.17) is 11.6 Å². The van der Waals surface area contributed by atoms with E-state index in [0.717, 1.165) is 36.0 Å². The second-order valence-corrected chi connectivity index (χ2v) is 7.56. The summed E-state index contributed by atoms with van der Waals surface area (Å²) in [5, 5.41) is 4.45. The highest BCUT2D eigenvalue weighted by Gasteiger charge is 2.30. The highest BCUT2D eigenvalue weighted by atomic mass is 35.5. The molecule has 2 nitrogen and oxygen atoms in total. The molecule has 0 aromatic heterocycles. The maximum absolute atomic E-state index is 6.58. The number of hydrogen-bond acceptors (Lipinski definition) is 2. The molecule has 3 unspecified atom stereocenters. The minimum Gasteiger partial charge on any atom is -0.367 e. The van der Waals surface area contributed by atoms with E-state index in [0.29, 0.717) is 6.04 Å². The molecule has 1 heterocycles. The molecule has 3 rings (SSSR count). The molecule has 1 aliphatic carbocycles. The number of nitrogens with one attached hydrogen (secondary N) is 1. The lowest BCUT2D eigenvalue weighted by Crippen LogP contribution is -2.46. The summed E-state index contributed by atoms with van der Waals surface area (Å²) in [6.45, 7) is 9.08. The van der Waals surface area contributed by atoms with Crippen LogP contribution in [0, 0.1) is 11.8 Å². The van der Waals surface area contributed by atoms with Crippen LogP contribution in [0.5, 0.6) is 0 Å². The zero-order chi connectivity index (χ0) is 15.0. The van der Waals surface area contributed by atoms with Gasteiger partial charge in [0, 0.05) is 25.2 Å². The molecule has 1 saturated heterocycles. The molecule has 0 radical (unpaired) electrons. The first-order valence-electron chi connectivity index (χ1n) is 8.33. The topological polar surface area (TPSA) is 15.3 Å². The Morgan fingerprint density at radius 3 is 2.67 bits per heavy atom. The zero-order valence-corrected chi connectivity index (χ0v) is 14.2. The van der Waals surface area contributed by atoms with Crippen molar-refractivity contribution < 1.29 is 0 Å². The van der Waals surface area contributed by atoms with E-state index in [-0.39, 0.29) is 0 Å². The standard InChI is InChI=1S/C18H27ClN2/c1-12-8-13(2)14(3)21(11-12)18-7-4-15(9-17(18)19)10-20-16-5-6-16/h4,7,9,12-14,16,20H,5-6,8,10-11H2,1-3H3. The van der Waals surface area contributed by atoms with Crippen LogP contribution < -0.4 is 10.2 Å². The van der Waals surface area contributed by atoms with Gasteiger partial charge in [0.2, 0.25) is 0 Å². The van der Waals surface area contributed by atoms with Crippen molar-refractivity contribution in [2.24, 2.45) is 11.8 Å². The SMILES string of the molecule is CC1CC(C)C(C)N(c2ccc(CNC3CC3)cc2Cl)C1. The molecular weight excluding hydrogens is 280 g/mol. The summed E-state index contributed by atoms with van der Waals surface area (Å²) in [5.41, 5.74) is 2.50. The molecule has 1 aromatic carbocycles. The van der Waals surface area contributed by atoms with Gasteiger partial charge in [-0.3, -0.25) is 0 Å². The lowest BCUT2D eigenvalue weighted by molar-refractivity contribution is 0.297. The summed E-state index contributed by atoms with van der Waals surface area (Å²) >= 11 is 6.58. The second-order valence-electron chi connectivity index (χ2n) is 7.15. The number of halogens is 1. The fourth-order valence-corrected chi connectivity index (χ4v) is 3.79. The van der Waals surface area contributed by atoms with Crippen LogP contribution in [0.4, 0.5) is 5.69 Å². The van der Waals surface area contributed by atoms with E-state index in [9.17, 15) is 0 Å². The molecule has 2 fully saturated rings. The molecule has 21 heavy (non-hydrogen) atoms. The molecule has 0 spiro atoms. The Morgan fingerprint density at radius 2 is 2.00 bits per heavy atom. The molecule has 116 valence electrons. The molecular formula is C18H27ClN2. The summed E-state index contributed by atoms with van der Waals surface area (Å²) in [6, 6.07) is 7.89. The van der Waals surface area contributed by atoms with Crippen LogP contribution in [0.25, 0.3) is 0 Å². The van der Waals surface area contributed by atoms with E-state index < -0.39 is 0 Å². The molecule has 0 amide bonds. The minimum absolute atomic E-state index is 0.564. The molecule has 3 heteroatoms. The Hall–Kier alpha value is -0.730. The number of anilines is 1. The predicted octanol–water partition coefficient (Wildman–Crippen LogP) is 4.46. The lowest BCUT2D eigenvalue weighted by atomic mass is 9.85. The highest BCUT2D eigenvalue weighted by molar-refractivity contribution is 6.33. The third kappa shape index (κ3) is 3.54. The van der Waals surface area contributed by atoms with Gasteiger partial charge in [-0.1, -0.05) is 31.5 Å². The largest absolute Gasteiger partial charge is 0.367 e. The van der Waals surface area contributed by atoms with Gasteiger partial charge in [0.25, 0.3) is 0 Å². The van der Waals surface area contributed by atoms with E-state index >= 15 is 0 Å². The third-order valence-corrected chi connectivity index (χ3v) is 5.39. The predicted molar refractivity (Wildman–Crippen MR) is 91.1 cm³/mol. The van der Waals surface area contributed by atoms with Crippen LogP contribution in [-0.2, 0) is 6.54 Å². The van der Waals surface area contributed by atoms with Gasteiger partial charge in [-0.15, -0.1) is 0 Å². The number of benzene rings is 1. The smallest absolute Gasteiger partial charge is 0.0642 e. The van der Waals surface area contributed by atoms with Crippen LogP contribution in [-0.4, -0.2) is 18.6 Å². The minimum atomic E-state index is 0.564. The molecule has 2 aliphatic rings. The van der Waals surface area contributed by atoms with Crippen LogP contribution in [0.1, 0.15) is 45.6 Å². The first kappa shape index (κ1) is 15.2. The Kier molecular flexibility index (Phi) is 4.46. The van der Waals surface area contributed by atoms with Crippen molar-refractivity contribution in [2.75, 3.05) is 11.4 Å². The maximum atomic E-state index is 6.58. The van der Waals surface area contributed by atoms with E-state index in [1.165, 1.54) is 30.5 Å². The Morgan fingerprint density at radius 1 is 1.24 bits per heavy atom.